The van der Waals surface area contributed by atoms with Gasteiger partial charge in [-0.2, -0.15) is 0 Å². The maximum Gasteiger partial charge on any atom is 0.326 e. The van der Waals surface area contributed by atoms with Crippen LogP contribution in [0.4, 0.5) is 0 Å². The first-order valence-corrected chi connectivity index (χ1v) is 4.37. The molecule has 0 saturated heterocycles. The number of carboxylic acids is 1. The van der Waals surface area contributed by atoms with Crippen LogP contribution in [-0.2, 0) is 4.79 Å². The Kier molecular flexibility index (Phi) is 2.18. The second-order valence-corrected chi connectivity index (χ2v) is 3.13. The van der Waals surface area contributed by atoms with Gasteiger partial charge in [-0.3, -0.25) is 4.98 Å². The van der Waals surface area contributed by atoms with Gasteiger partial charge in [0.15, 0.2) is 0 Å². The van der Waals surface area contributed by atoms with Crippen LogP contribution in [0, 0.1) is 0 Å². The van der Waals surface area contributed by atoms with Gasteiger partial charge >= 0.3 is 5.97 Å². The Morgan fingerprint density at radius 2 is 2.50 bits per heavy atom. The Morgan fingerprint density at radius 1 is 1.64 bits per heavy atom. The molecule has 1 atom stereocenters. The summed E-state index contributed by atoms with van der Waals surface area (Å²) in [6, 6.07) is 3.23. The molecule has 4 nitrogen and oxygen atoms in total. The minimum Gasteiger partial charge on any atom is -0.480 e. The highest BCUT2D eigenvalue weighted by Crippen LogP contribution is 2.18. The predicted molar refractivity (Wildman–Crippen MR) is 51.4 cm³/mol. The molecule has 1 unspecified atom stereocenters. The van der Waals surface area contributed by atoms with E-state index < -0.39 is 12.0 Å². The lowest BCUT2D eigenvalue weighted by molar-refractivity contribution is -0.138. The molecule has 1 aliphatic heterocycles. The number of aromatic nitrogens is 1. The van der Waals surface area contributed by atoms with Crippen molar-refractivity contribution in [3.8, 4) is 0 Å². The van der Waals surface area contributed by atoms with Crippen LogP contribution in [0.3, 0.4) is 0 Å². The zero-order valence-electron chi connectivity index (χ0n) is 7.47. The topological polar surface area (TPSA) is 62.2 Å². The number of hydrogen-bond acceptors (Lipinski definition) is 3. The SMILES string of the molecule is O=C(O)C1CC=C(c2cccnc2)N1. The van der Waals surface area contributed by atoms with E-state index in [1.165, 1.54) is 0 Å². The number of carbonyl (C=O) groups is 1. The number of carboxylic acid groups (broad SMARTS) is 1. The molecule has 0 amide bonds. The number of nitrogens with one attached hydrogen (secondary N) is 1. The van der Waals surface area contributed by atoms with Crippen molar-refractivity contribution in [3.63, 3.8) is 0 Å². The Hall–Kier alpha value is -1.84. The van der Waals surface area contributed by atoms with Crippen molar-refractivity contribution in [1.29, 1.82) is 0 Å². The molecule has 0 saturated carbocycles. The molecule has 0 fully saturated rings. The first-order valence-electron chi connectivity index (χ1n) is 4.37. The monoisotopic (exact) mass is 190 g/mol. The van der Waals surface area contributed by atoms with Gasteiger partial charge in [-0.05, 0) is 18.6 Å². The molecule has 1 aromatic heterocycles. The highest BCUT2D eigenvalue weighted by molar-refractivity contribution is 5.80. The van der Waals surface area contributed by atoms with Gasteiger partial charge in [0, 0.05) is 23.7 Å². The van der Waals surface area contributed by atoms with Gasteiger partial charge in [0.05, 0.1) is 0 Å². The summed E-state index contributed by atoms with van der Waals surface area (Å²) in [7, 11) is 0. The Morgan fingerprint density at radius 3 is 3.07 bits per heavy atom. The zero-order valence-corrected chi connectivity index (χ0v) is 7.47. The summed E-state index contributed by atoms with van der Waals surface area (Å²) >= 11 is 0. The maximum absolute atomic E-state index is 10.7. The fourth-order valence-corrected chi connectivity index (χ4v) is 1.43. The first kappa shape index (κ1) is 8.74. The standard InChI is InChI=1S/C10H10N2O2/c13-10(14)9-4-3-8(12-9)7-2-1-5-11-6-7/h1-3,5-6,9,12H,4H2,(H,13,14). The van der Waals surface area contributed by atoms with E-state index in [4.69, 9.17) is 5.11 Å². The van der Waals surface area contributed by atoms with Crippen molar-refractivity contribution in [2.24, 2.45) is 0 Å². The molecule has 14 heavy (non-hydrogen) atoms. The lowest BCUT2D eigenvalue weighted by atomic mass is 10.2. The molecule has 0 radical (unpaired) electrons. The van der Waals surface area contributed by atoms with Gasteiger partial charge < -0.3 is 10.4 Å². The van der Waals surface area contributed by atoms with Gasteiger partial charge in [-0.1, -0.05) is 6.08 Å². The molecule has 0 aromatic carbocycles. The molecule has 72 valence electrons. The van der Waals surface area contributed by atoms with E-state index in [1.807, 2.05) is 18.2 Å². The number of pyridine rings is 1. The van der Waals surface area contributed by atoms with Crippen LogP contribution < -0.4 is 5.32 Å². The second kappa shape index (κ2) is 3.49. The van der Waals surface area contributed by atoms with Crippen LogP contribution in [0.25, 0.3) is 5.70 Å². The molecule has 4 heteroatoms. The molecule has 2 N–H and O–H groups in total. The van der Waals surface area contributed by atoms with E-state index in [1.54, 1.807) is 12.4 Å². The largest absolute Gasteiger partial charge is 0.480 e. The minimum atomic E-state index is -0.819. The third-order valence-electron chi connectivity index (χ3n) is 2.16. The molecule has 0 bridgehead atoms. The highest BCUT2D eigenvalue weighted by atomic mass is 16.4. The van der Waals surface area contributed by atoms with Gasteiger partial charge in [-0.15, -0.1) is 0 Å². The number of hydrogen-bond donors (Lipinski definition) is 2. The van der Waals surface area contributed by atoms with E-state index in [0.29, 0.717) is 6.42 Å². The van der Waals surface area contributed by atoms with E-state index in [-0.39, 0.29) is 0 Å². The Bertz CT molecular complexity index is 373. The highest BCUT2D eigenvalue weighted by Gasteiger charge is 2.22. The van der Waals surface area contributed by atoms with Crippen LogP contribution in [0.5, 0.6) is 0 Å². The third kappa shape index (κ3) is 1.59. The molecule has 2 heterocycles. The van der Waals surface area contributed by atoms with Crippen LogP contribution in [0.15, 0.2) is 30.6 Å². The number of rotatable bonds is 2. The molecule has 1 aliphatic rings. The molecule has 0 spiro atoms. The van der Waals surface area contributed by atoms with Crippen molar-refractivity contribution >= 4 is 11.7 Å². The predicted octanol–water partition coefficient (Wildman–Crippen LogP) is 0.869. The van der Waals surface area contributed by atoms with E-state index in [0.717, 1.165) is 11.3 Å². The van der Waals surface area contributed by atoms with Crippen molar-refractivity contribution in [2.45, 2.75) is 12.5 Å². The summed E-state index contributed by atoms with van der Waals surface area (Å²) in [5.74, 6) is -0.819. The van der Waals surface area contributed by atoms with Crippen LogP contribution in [-0.4, -0.2) is 22.1 Å². The van der Waals surface area contributed by atoms with Crippen LogP contribution in [0.2, 0.25) is 0 Å². The Labute approximate surface area is 81.3 Å². The van der Waals surface area contributed by atoms with E-state index in [9.17, 15) is 4.79 Å². The van der Waals surface area contributed by atoms with Crippen molar-refractivity contribution < 1.29 is 9.90 Å². The average Bonchev–Trinajstić information content (AvgIpc) is 2.68. The summed E-state index contributed by atoms with van der Waals surface area (Å²) < 4.78 is 0. The van der Waals surface area contributed by atoms with Crippen molar-refractivity contribution in [2.75, 3.05) is 0 Å². The minimum absolute atomic E-state index is 0.495. The molecular weight excluding hydrogens is 180 g/mol. The normalized spacial score (nSPS) is 20.0. The van der Waals surface area contributed by atoms with Gasteiger partial charge in [0.25, 0.3) is 0 Å². The third-order valence-corrected chi connectivity index (χ3v) is 2.16. The second-order valence-electron chi connectivity index (χ2n) is 3.13. The number of aliphatic carboxylic acids is 1. The maximum atomic E-state index is 10.7. The quantitative estimate of drug-likeness (QED) is 0.726. The van der Waals surface area contributed by atoms with Gasteiger partial charge in [-0.25, -0.2) is 4.79 Å². The smallest absolute Gasteiger partial charge is 0.326 e. The first-order chi connectivity index (χ1) is 6.77. The van der Waals surface area contributed by atoms with E-state index in [2.05, 4.69) is 10.3 Å². The summed E-state index contributed by atoms with van der Waals surface area (Å²) in [5, 5.41) is 11.7. The number of nitrogens with zero attached hydrogens (tertiary/aromatic N) is 1. The van der Waals surface area contributed by atoms with Crippen LogP contribution >= 0.6 is 0 Å². The average molecular weight is 190 g/mol. The van der Waals surface area contributed by atoms with Crippen molar-refractivity contribution in [3.05, 3.63) is 36.2 Å². The molecule has 0 aliphatic carbocycles. The molecular formula is C10H10N2O2. The summed E-state index contributed by atoms with van der Waals surface area (Å²) in [6.07, 6.45) is 5.81. The molecule has 1 aromatic rings. The summed E-state index contributed by atoms with van der Waals surface area (Å²) in [6.45, 7) is 0. The Balaban J connectivity index is 2.13. The van der Waals surface area contributed by atoms with Gasteiger partial charge in [0.1, 0.15) is 6.04 Å². The van der Waals surface area contributed by atoms with Crippen molar-refractivity contribution in [1.82, 2.24) is 10.3 Å². The lowest BCUT2D eigenvalue weighted by Gasteiger charge is -2.08. The van der Waals surface area contributed by atoms with Crippen LogP contribution in [0.1, 0.15) is 12.0 Å². The van der Waals surface area contributed by atoms with Gasteiger partial charge in [0.2, 0.25) is 0 Å². The molecule has 2 rings (SSSR count). The fourth-order valence-electron chi connectivity index (χ4n) is 1.43. The summed E-state index contributed by atoms with van der Waals surface area (Å²) in [4.78, 5) is 14.6. The fraction of sp³-hybridized carbons (Fsp3) is 0.200. The summed E-state index contributed by atoms with van der Waals surface area (Å²) in [5.41, 5.74) is 1.78. The zero-order chi connectivity index (χ0) is 9.97. The lowest BCUT2D eigenvalue weighted by Crippen LogP contribution is -2.30. The van der Waals surface area contributed by atoms with E-state index >= 15 is 0 Å².